The van der Waals surface area contributed by atoms with Gasteiger partial charge in [-0.2, -0.15) is 0 Å². The predicted molar refractivity (Wildman–Crippen MR) is 54.8 cm³/mol. The highest BCUT2D eigenvalue weighted by Gasteiger charge is 1.98. The van der Waals surface area contributed by atoms with Crippen LogP contribution in [0.15, 0.2) is 12.1 Å². The van der Waals surface area contributed by atoms with Crippen LogP contribution in [-0.4, -0.2) is 4.98 Å². The summed E-state index contributed by atoms with van der Waals surface area (Å²) in [6, 6.07) is 3.88. The lowest BCUT2D eigenvalue weighted by Gasteiger charge is -2.01. The molecule has 0 saturated heterocycles. The molecular weight excluding hydrogens is 195 g/mol. The number of rotatable bonds is 2. The molecule has 0 aliphatic carbocycles. The van der Waals surface area contributed by atoms with E-state index in [1.54, 1.807) is 0 Å². The van der Waals surface area contributed by atoms with Crippen LogP contribution >= 0.6 is 24.0 Å². The molecule has 2 N–H and O–H groups in total. The van der Waals surface area contributed by atoms with Gasteiger partial charge in [-0.05, 0) is 12.5 Å². The number of aryl methyl sites for hydroxylation is 1. The molecule has 1 rings (SSSR count). The zero-order chi connectivity index (χ0) is 8.27. The van der Waals surface area contributed by atoms with Gasteiger partial charge in [0.2, 0.25) is 0 Å². The molecule has 0 fully saturated rings. The number of anilines is 1. The van der Waals surface area contributed by atoms with E-state index in [1.807, 2.05) is 19.1 Å². The Morgan fingerprint density at radius 2 is 2.17 bits per heavy atom. The van der Waals surface area contributed by atoms with E-state index in [2.05, 4.69) is 4.98 Å². The highest BCUT2D eigenvalue weighted by molar-refractivity contribution is 6.17. The second-order valence-corrected chi connectivity index (χ2v) is 2.60. The average Bonchev–Trinajstić information content (AvgIpc) is 2.04. The lowest BCUT2D eigenvalue weighted by molar-refractivity contribution is 1.03. The monoisotopic (exact) mass is 206 g/mol. The van der Waals surface area contributed by atoms with Crippen molar-refractivity contribution in [2.45, 2.75) is 19.2 Å². The van der Waals surface area contributed by atoms with Crippen LogP contribution in [0.1, 0.15) is 18.2 Å². The topological polar surface area (TPSA) is 38.9 Å². The fraction of sp³-hybridized carbons (Fsp3) is 0.375. The van der Waals surface area contributed by atoms with Gasteiger partial charge in [0.15, 0.2) is 0 Å². The van der Waals surface area contributed by atoms with E-state index in [9.17, 15) is 0 Å². The van der Waals surface area contributed by atoms with Crippen molar-refractivity contribution in [3.05, 3.63) is 23.4 Å². The Hall–Kier alpha value is -0.470. The number of nitrogens with two attached hydrogens (primary N) is 1. The third kappa shape index (κ3) is 2.54. The maximum absolute atomic E-state index is 5.61. The largest absolute Gasteiger partial charge is 0.383 e. The van der Waals surface area contributed by atoms with Gasteiger partial charge in [0, 0.05) is 11.3 Å². The van der Waals surface area contributed by atoms with Crippen molar-refractivity contribution in [3.63, 3.8) is 0 Å². The van der Waals surface area contributed by atoms with Crippen molar-refractivity contribution in [1.29, 1.82) is 0 Å². The second-order valence-electron chi connectivity index (χ2n) is 2.33. The van der Waals surface area contributed by atoms with Crippen LogP contribution in [0.4, 0.5) is 5.82 Å². The van der Waals surface area contributed by atoms with E-state index in [0.717, 1.165) is 17.7 Å². The summed E-state index contributed by atoms with van der Waals surface area (Å²) in [5.74, 6) is 0.988. The summed E-state index contributed by atoms with van der Waals surface area (Å²) in [5.41, 5.74) is 7.53. The third-order valence-electron chi connectivity index (χ3n) is 1.58. The summed E-state index contributed by atoms with van der Waals surface area (Å²) < 4.78 is 0. The molecule has 0 amide bonds. The zero-order valence-electron chi connectivity index (χ0n) is 6.88. The van der Waals surface area contributed by atoms with Crippen molar-refractivity contribution >= 4 is 29.8 Å². The number of nitrogen functional groups attached to an aromatic ring is 1. The van der Waals surface area contributed by atoms with E-state index in [-0.39, 0.29) is 12.4 Å². The SMILES string of the molecule is CCc1ccc(CCl)c(N)n1.Cl. The van der Waals surface area contributed by atoms with Gasteiger partial charge in [-0.25, -0.2) is 4.98 Å². The van der Waals surface area contributed by atoms with Crippen LogP contribution < -0.4 is 5.73 Å². The number of pyridine rings is 1. The van der Waals surface area contributed by atoms with Gasteiger partial charge in [0.1, 0.15) is 5.82 Å². The number of halogens is 2. The minimum absolute atomic E-state index is 0. The lowest BCUT2D eigenvalue weighted by Crippen LogP contribution is -1.98. The Morgan fingerprint density at radius 3 is 2.58 bits per heavy atom. The standard InChI is InChI=1S/C8H11ClN2.ClH/c1-2-7-4-3-6(5-9)8(10)11-7;/h3-4H,2,5H2,1H3,(H2,10,11);1H. The van der Waals surface area contributed by atoms with Crippen molar-refractivity contribution in [3.8, 4) is 0 Å². The van der Waals surface area contributed by atoms with Crippen molar-refractivity contribution < 1.29 is 0 Å². The molecular formula is C8H12Cl2N2. The number of nitrogens with zero attached hydrogens (tertiary/aromatic N) is 1. The number of alkyl halides is 1. The molecule has 0 spiro atoms. The van der Waals surface area contributed by atoms with E-state index < -0.39 is 0 Å². The minimum Gasteiger partial charge on any atom is -0.383 e. The molecule has 12 heavy (non-hydrogen) atoms. The second kappa shape index (κ2) is 5.22. The molecule has 0 unspecified atom stereocenters. The summed E-state index contributed by atoms with van der Waals surface area (Å²) in [5, 5.41) is 0. The Morgan fingerprint density at radius 1 is 1.50 bits per heavy atom. The molecule has 0 radical (unpaired) electrons. The van der Waals surface area contributed by atoms with Crippen molar-refractivity contribution in [2.75, 3.05) is 5.73 Å². The van der Waals surface area contributed by atoms with Crippen molar-refractivity contribution in [1.82, 2.24) is 4.98 Å². The van der Waals surface area contributed by atoms with E-state index >= 15 is 0 Å². The molecule has 0 saturated carbocycles. The molecule has 0 aliphatic rings. The third-order valence-corrected chi connectivity index (χ3v) is 1.86. The molecule has 4 heteroatoms. The smallest absolute Gasteiger partial charge is 0.128 e. The fourth-order valence-corrected chi connectivity index (χ4v) is 1.08. The van der Waals surface area contributed by atoms with Gasteiger partial charge in [-0.3, -0.25) is 0 Å². The summed E-state index contributed by atoms with van der Waals surface area (Å²) in [4.78, 5) is 4.16. The maximum Gasteiger partial charge on any atom is 0.128 e. The van der Waals surface area contributed by atoms with Crippen LogP contribution in [-0.2, 0) is 12.3 Å². The molecule has 0 aliphatic heterocycles. The highest BCUT2D eigenvalue weighted by atomic mass is 35.5. The van der Waals surface area contributed by atoms with Gasteiger partial charge in [0.25, 0.3) is 0 Å². The first-order valence-corrected chi connectivity index (χ1v) is 4.11. The van der Waals surface area contributed by atoms with Gasteiger partial charge in [-0.1, -0.05) is 13.0 Å². The fourth-order valence-electron chi connectivity index (χ4n) is 0.856. The predicted octanol–water partition coefficient (Wildman–Crippen LogP) is 2.39. The Bertz CT molecular complexity index is 251. The molecule has 2 nitrogen and oxygen atoms in total. The summed E-state index contributed by atoms with van der Waals surface area (Å²) in [6.45, 7) is 2.04. The first-order valence-electron chi connectivity index (χ1n) is 3.58. The molecule has 68 valence electrons. The van der Waals surface area contributed by atoms with E-state index in [1.165, 1.54) is 0 Å². The summed E-state index contributed by atoms with van der Waals surface area (Å²) >= 11 is 5.61. The number of aromatic nitrogens is 1. The first kappa shape index (κ1) is 11.5. The van der Waals surface area contributed by atoms with Gasteiger partial charge >= 0.3 is 0 Å². The lowest BCUT2D eigenvalue weighted by atomic mass is 10.2. The average molecular weight is 207 g/mol. The molecule has 1 heterocycles. The van der Waals surface area contributed by atoms with Crippen LogP contribution in [0.5, 0.6) is 0 Å². The Kier molecular flexibility index (Phi) is 5.02. The van der Waals surface area contributed by atoms with Gasteiger partial charge in [-0.15, -0.1) is 24.0 Å². The normalized spacial score (nSPS) is 9.17. The van der Waals surface area contributed by atoms with Crippen LogP contribution in [0.3, 0.4) is 0 Å². The van der Waals surface area contributed by atoms with Gasteiger partial charge in [0.05, 0.1) is 5.88 Å². The Balaban J connectivity index is 0.00000121. The quantitative estimate of drug-likeness (QED) is 0.756. The van der Waals surface area contributed by atoms with Crippen LogP contribution in [0.2, 0.25) is 0 Å². The van der Waals surface area contributed by atoms with E-state index in [4.69, 9.17) is 17.3 Å². The molecule has 0 bridgehead atoms. The molecule has 1 aromatic heterocycles. The first-order chi connectivity index (χ1) is 5.27. The molecule has 0 atom stereocenters. The zero-order valence-corrected chi connectivity index (χ0v) is 8.45. The van der Waals surface area contributed by atoms with E-state index in [0.29, 0.717) is 11.7 Å². The van der Waals surface area contributed by atoms with Crippen molar-refractivity contribution in [2.24, 2.45) is 0 Å². The summed E-state index contributed by atoms with van der Waals surface area (Å²) in [6.07, 6.45) is 0.909. The van der Waals surface area contributed by atoms with Crippen LogP contribution in [0, 0.1) is 0 Å². The maximum atomic E-state index is 5.61. The summed E-state index contributed by atoms with van der Waals surface area (Å²) in [7, 11) is 0. The Labute approximate surface area is 83.5 Å². The molecule has 0 aromatic carbocycles. The van der Waals surface area contributed by atoms with Gasteiger partial charge < -0.3 is 5.73 Å². The minimum atomic E-state index is 0. The molecule has 1 aromatic rings. The number of hydrogen-bond donors (Lipinski definition) is 1. The highest BCUT2D eigenvalue weighted by Crippen LogP contribution is 2.12. The van der Waals surface area contributed by atoms with Crippen LogP contribution in [0.25, 0.3) is 0 Å². The number of hydrogen-bond acceptors (Lipinski definition) is 2.